The van der Waals surface area contributed by atoms with Crippen molar-refractivity contribution in [2.24, 2.45) is 5.73 Å². The lowest BCUT2D eigenvalue weighted by Crippen LogP contribution is -2.32. The van der Waals surface area contributed by atoms with Crippen LogP contribution in [0.5, 0.6) is 0 Å². The molecule has 1 atom stereocenters. The molecule has 0 aliphatic rings. The molecule has 14 heavy (non-hydrogen) atoms. The Morgan fingerprint density at radius 3 is 2.36 bits per heavy atom. The Morgan fingerprint density at radius 2 is 1.86 bits per heavy atom. The van der Waals surface area contributed by atoms with Gasteiger partial charge in [0.1, 0.15) is 6.10 Å². The number of nitrogens with two attached hydrogens (primary N) is 1. The van der Waals surface area contributed by atoms with E-state index in [0.717, 1.165) is 0 Å². The Morgan fingerprint density at radius 1 is 1.29 bits per heavy atom. The average Bonchev–Trinajstić information content (AvgIpc) is 2.19. The van der Waals surface area contributed by atoms with E-state index in [2.05, 4.69) is 0 Å². The van der Waals surface area contributed by atoms with Gasteiger partial charge in [-0.1, -0.05) is 30.3 Å². The van der Waals surface area contributed by atoms with Crippen LogP contribution in [-0.4, -0.2) is 17.8 Å². The first-order chi connectivity index (χ1) is 6.59. The monoisotopic (exact) mass is 201 g/mol. The highest BCUT2D eigenvalue weighted by Gasteiger charge is 2.39. The first kappa shape index (κ1) is 11.1. The molecule has 0 radical (unpaired) electrons. The van der Waals surface area contributed by atoms with Crippen molar-refractivity contribution in [2.45, 2.75) is 18.4 Å². The molecule has 1 aromatic carbocycles. The number of halogens is 2. The lowest BCUT2D eigenvalue weighted by atomic mass is 10.0. The Labute approximate surface area is 81.4 Å². The molecule has 0 aliphatic carbocycles. The molecule has 0 spiro atoms. The average molecular weight is 201 g/mol. The van der Waals surface area contributed by atoms with Crippen LogP contribution in [0.15, 0.2) is 30.3 Å². The quantitative estimate of drug-likeness (QED) is 0.775. The van der Waals surface area contributed by atoms with Crippen LogP contribution in [-0.2, 0) is 5.92 Å². The van der Waals surface area contributed by atoms with Gasteiger partial charge in [0, 0.05) is 5.56 Å². The van der Waals surface area contributed by atoms with Crippen LogP contribution < -0.4 is 5.73 Å². The fourth-order valence-electron chi connectivity index (χ4n) is 1.19. The molecular weight excluding hydrogens is 188 g/mol. The summed E-state index contributed by atoms with van der Waals surface area (Å²) in [4.78, 5) is 0. The number of aliphatic hydroxyl groups excluding tert-OH is 1. The zero-order valence-electron chi connectivity index (χ0n) is 7.66. The van der Waals surface area contributed by atoms with Gasteiger partial charge in [0.2, 0.25) is 0 Å². The van der Waals surface area contributed by atoms with E-state index < -0.39 is 12.0 Å². The molecule has 0 heterocycles. The molecule has 78 valence electrons. The van der Waals surface area contributed by atoms with E-state index in [1.807, 2.05) is 0 Å². The summed E-state index contributed by atoms with van der Waals surface area (Å²) in [5, 5.41) is 9.20. The Balaban J connectivity index is 2.84. The molecule has 0 bridgehead atoms. The molecule has 3 N–H and O–H groups in total. The van der Waals surface area contributed by atoms with E-state index in [4.69, 9.17) is 5.73 Å². The van der Waals surface area contributed by atoms with E-state index in [-0.39, 0.29) is 18.5 Å². The van der Waals surface area contributed by atoms with Crippen molar-refractivity contribution in [1.29, 1.82) is 0 Å². The van der Waals surface area contributed by atoms with Crippen LogP contribution in [0.25, 0.3) is 0 Å². The summed E-state index contributed by atoms with van der Waals surface area (Å²) in [7, 11) is 0. The smallest absolute Gasteiger partial charge is 0.298 e. The molecule has 1 aromatic rings. The predicted octanol–water partition coefficient (Wildman–Crippen LogP) is 1.49. The number of hydrogen-bond donors (Lipinski definition) is 2. The molecule has 0 amide bonds. The number of benzene rings is 1. The van der Waals surface area contributed by atoms with Crippen molar-refractivity contribution >= 4 is 0 Å². The summed E-state index contributed by atoms with van der Waals surface area (Å²) in [5.74, 6) is -3.22. The number of alkyl halides is 2. The van der Waals surface area contributed by atoms with Gasteiger partial charge in [0.25, 0.3) is 5.92 Å². The highest BCUT2D eigenvalue weighted by molar-refractivity contribution is 5.21. The van der Waals surface area contributed by atoms with Gasteiger partial charge in [0.05, 0.1) is 0 Å². The molecular formula is C10H13F2NO. The number of rotatable bonds is 4. The second-order valence-electron chi connectivity index (χ2n) is 3.08. The Kier molecular flexibility index (Phi) is 3.55. The van der Waals surface area contributed by atoms with E-state index in [9.17, 15) is 13.9 Å². The first-order valence-electron chi connectivity index (χ1n) is 4.40. The lowest BCUT2D eigenvalue weighted by Gasteiger charge is -2.22. The topological polar surface area (TPSA) is 46.2 Å². The maximum absolute atomic E-state index is 13.4. The predicted molar refractivity (Wildman–Crippen MR) is 50.0 cm³/mol. The maximum Gasteiger partial charge on any atom is 0.298 e. The standard InChI is InChI=1S/C10H13F2NO/c11-10(12,9(14)6-7-13)8-4-2-1-3-5-8/h1-5,9,14H,6-7,13H2/t9-/m0/s1. The molecule has 0 saturated heterocycles. The van der Waals surface area contributed by atoms with Gasteiger partial charge >= 0.3 is 0 Å². The van der Waals surface area contributed by atoms with Crippen molar-refractivity contribution in [3.05, 3.63) is 35.9 Å². The third kappa shape index (κ3) is 2.27. The van der Waals surface area contributed by atoms with Crippen molar-refractivity contribution in [3.63, 3.8) is 0 Å². The molecule has 0 aromatic heterocycles. The zero-order valence-corrected chi connectivity index (χ0v) is 7.66. The Bertz CT molecular complexity index is 277. The molecule has 0 unspecified atom stereocenters. The van der Waals surface area contributed by atoms with E-state index in [0.29, 0.717) is 0 Å². The van der Waals surface area contributed by atoms with Crippen molar-refractivity contribution in [2.75, 3.05) is 6.54 Å². The largest absolute Gasteiger partial charge is 0.386 e. The van der Waals surface area contributed by atoms with Crippen LogP contribution >= 0.6 is 0 Å². The highest BCUT2D eigenvalue weighted by atomic mass is 19.3. The summed E-state index contributed by atoms with van der Waals surface area (Å²) in [5.41, 5.74) is 4.93. The SMILES string of the molecule is NCC[C@H](O)C(F)(F)c1ccccc1. The minimum Gasteiger partial charge on any atom is -0.386 e. The summed E-state index contributed by atoms with van der Waals surface area (Å²) in [6.45, 7) is 0.0452. The minimum absolute atomic E-state index is 0.0452. The summed E-state index contributed by atoms with van der Waals surface area (Å²) < 4.78 is 26.9. The number of aliphatic hydroxyl groups is 1. The zero-order chi connectivity index (χ0) is 10.6. The van der Waals surface area contributed by atoms with Crippen molar-refractivity contribution in [3.8, 4) is 0 Å². The van der Waals surface area contributed by atoms with Gasteiger partial charge in [-0.25, -0.2) is 0 Å². The van der Waals surface area contributed by atoms with E-state index in [1.54, 1.807) is 6.07 Å². The van der Waals surface area contributed by atoms with Crippen LogP contribution in [0.1, 0.15) is 12.0 Å². The fourth-order valence-corrected chi connectivity index (χ4v) is 1.19. The van der Waals surface area contributed by atoms with Gasteiger partial charge < -0.3 is 10.8 Å². The molecule has 2 nitrogen and oxygen atoms in total. The molecule has 0 fully saturated rings. The minimum atomic E-state index is -3.22. The van der Waals surface area contributed by atoms with Gasteiger partial charge in [-0.2, -0.15) is 8.78 Å². The van der Waals surface area contributed by atoms with Crippen LogP contribution in [0.2, 0.25) is 0 Å². The van der Waals surface area contributed by atoms with Crippen LogP contribution in [0.3, 0.4) is 0 Å². The van der Waals surface area contributed by atoms with E-state index >= 15 is 0 Å². The second kappa shape index (κ2) is 4.48. The van der Waals surface area contributed by atoms with Gasteiger partial charge in [0.15, 0.2) is 0 Å². The second-order valence-corrected chi connectivity index (χ2v) is 3.08. The summed E-state index contributed by atoms with van der Waals surface area (Å²) >= 11 is 0. The molecule has 1 rings (SSSR count). The normalized spacial score (nSPS) is 14.0. The first-order valence-corrected chi connectivity index (χ1v) is 4.40. The van der Waals surface area contributed by atoms with Crippen molar-refractivity contribution in [1.82, 2.24) is 0 Å². The third-order valence-corrected chi connectivity index (χ3v) is 2.02. The molecule has 0 saturated carbocycles. The highest BCUT2D eigenvalue weighted by Crippen LogP contribution is 2.32. The van der Waals surface area contributed by atoms with Crippen LogP contribution in [0.4, 0.5) is 8.78 Å². The summed E-state index contributed by atoms with van der Waals surface area (Å²) in [6, 6.07) is 7.26. The van der Waals surface area contributed by atoms with E-state index in [1.165, 1.54) is 24.3 Å². The molecule has 0 aliphatic heterocycles. The van der Waals surface area contributed by atoms with Gasteiger partial charge in [-0.05, 0) is 13.0 Å². The Hall–Kier alpha value is -1.00. The summed E-state index contributed by atoms with van der Waals surface area (Å²) in [6.07, 6.45) is -1.82. The van der Waals surface area contributed by atoms with Crippen molar-refractivity contribution < 1.29 is 13.9 Å². The number of hydrogen-bond acceptors (Lipinski definition) is 2. The van der Waals surface area contributed by atoms with Gasteiger partial charge in [-0.3, -0.25) is 0 Å². The maximum atomic E-state index is 13.4. The third-order valence-electron chi connectivity index (χ3n) is 2.02. The molecule has 4 heteroatoms. The van der Waals surface area contributed by atoms with Crippen LogP contribution in [0, 0.1) is 0 Å². The van der Waals surface area contributed by atoms with Gasteiger partial charge in [-0.15, -0.1) is 0 Å². The fraction of sp³-hybridized carbons (Fsp3) is 0.400. The lowest BCUT2D eigenvalue weighted by molar-refractivity contribution is -0.116.